The van der Waals surface area contributed by atoms with Crippen molar-refractivity contribution in [3.63, 3.8) is 0 Å². The van der Waals surface area contributed by atoms with Gasteiger partial charge in [-0.05, 0) is 5.56 Å². The second kappa shape index (κ2) is 5.06. The Hall–Kier alpha value is -0.420. The predicted octanol–water partition coefficient (Wildman–Crippen LogP) is 3.36. The Balaban J connectivity index is 2.06. The van der Waals surface area contributed by atoms with Crippen molar-refractivity contribution in [2.75, 3.05) is 13.2 Å². The Labute approximate surface area is 113 Å². The van der Waals surface area contributed by atoms with Gasteiger partial charge in [-0.15, -0.1) is 12.6 Å². The molecule has 0 amide bonds. The average molecular weight is 268 g/mol. The van der Waals surface area contributed by atoms with E-state index in [1.807, 2.05) is 24.3 Å². The fourth-order valence-corrected chi connectivity index (χ4v) is 1.95. The summed E-state index contributed by atoms with van der Waals surface area (Å²) in [5.41, 5.74) is 2.07. The van der Waals surface area contributed by atoms with Crippen molar-refractivity contribution in [2.24, 2.45) is 5.41 Å². The van der Waals surface area contributed by atoms with Crippen molar-refractivity contribution >= 4 is 29.0 Å². The molecule has 1 heterocycles. The zero-order valence-corrected chi connectivity index (χ0v) is 11.7. The summed E-state index contributed by atoms with van der Waals surface area (Å²) in [6, 6.07) is 7.83. The topological polar surface area (TPSA) is 18.5 Å². The lowest BCUT2D eigenvalue weighted by atomic mass is 9.95. The minimum Gasteiger partial charge on any atom is -0.348 e. The first-order valence-electron chi connectivity index (χ1n) is 5.54. The molecule has 0 unspecified atom stereocenters. The van der Waals surface area contributed by atoms with Gasteiger partial charge >= 0.3 is 0 Å². The molecule has 0 saturated carbocycles. The van der Waals surface area contributed by atoms with Gasteiger partial charge in [0.05, 0.1) is 17.4 Å². The van der Waals surface area contributed by atoms with Crippen LogP contribution in [0.1, 0.15) is 31.3 Å². The van der Waals surface area contributed by atoms with Crippen molar-refractivity contribution in [2.45, 2.75) is 20.1 Å². The molecule has 1 aromatic carbocycles. The van der Waals surface area contributed by atoms with Gasteiger partial charge in [0.15, 0.2) is 6.29 Å². The first-order valence-corrected chi connectivity index (χ1v) is 6.40. The van der Waals surface area contributed by atoms with Crippen LogP contribution in [0.5, 0.6) is 0 Å². The highest BCUT2D eigenvalue weighted by molar-refractivity contribution is 8.11. The second-order valence-corrected chi connectivity index (χ2v) is 6.20. The zero-order chi connectivity index (χ0) is 12.5. The minimum absolute atomic E-state index is 0.100. The molecule has 0 N–H and O–H groups in total. The largest absolute Gasteiger partial charge is 0.348 e. The predicted molar refractivity (Wildman–Crippen MR) is 75.6 cm³/mol. The van der Waals surface area contributed by atoms with Crippen LogP contribution < -0.4 is 0 Å². The molecule has 0 radical (unpaired) electrons. The van der Waals surface area contributed by atoms with E-state index in [0.717, 1.165) is 11.1 Å². The Bertz CT molecular complexity index is 402. The Morgan fingerprint density at radius 2 is 1.76 bits per heavy atom. The van der Waals surface area contributed by atoms with Crippen LogP contribution in [-0.4, -0.2) is 17.4 Å². The third-order valence-electron chi connectivity index (χ3n) is 2.68. The van der Waals surface area contributed by atoms with Crippen molar-refractivity contribution < 1.29 is 9.47 Å². The highest BCUT2D eigenvalue weighted by atomic mass is 32.1. The highest BCUT2D eigenvalue weighted by Gasteiger charge is 2.28. The third kappa shape index (κ3) is 3.28. The van der Waals surface area contributed by atoms with Gasteiger partial charge < -0.3 is 9.47 Å². The van der Waals surface area contributed by atoms with Gasteiger partial charge in [0.25, 0.3) is 0 Å². The monoisotopic (exact) mass is 268 g/mol. The van der Waals surface area contributed by atoms with E-state index in [-0.39, 0.29) is 11.7 Å². The molecule has 1 aromatic rings. The Morgan fingerprint density at radius 3 is 2.24 bits per heavy atom. The summed E-state index contributed by atoms with van der Waals surface area (Å²) in [6.45, 7) is 5.69. The lowest BCUT2D eigenvalue weighted by molar-refractivity contribution is -0.226. The first kappa shape index (κ1) is 13.0. The maximum Gasteiger partial charge on any atom is 0.183 e. The van der Waals surface area contributed by atoms with Crippen molar-refractivity contribution in [1.29, 1.82) is 0 Å². The molecule has 2 rings (SSSR count). The van der Waals surface area contributed by atoms with Crippen LogP contribution in [0.25, 0.3) is 0 Å². The van der Waals surface area contributed by atoms with Gasteiger partial charge in [-0.25, -0.2) is 0 Å². The number of rotatable bonds is 2. The number of thiocarbonyl (C=S) groups is 1. The van der Waals surface area contributed by atoms with Gasteiger partial charge in [0, 0.05) is 11.0 Å². The van der Waals surface area contributed by atoms with E-state index in [2.05, 4.69) is 26.5 Å². The summed E-state index contributed by atoms with van der Waals surface area (Å²) in [4.78, 5) is 0. The smallest absolute Gasteiger partial charge is 0.183 e. The number of hydrogen-bond donors (Lipinski definition) is 1. The third-order valence-corrected chi connectivity index (χ3v) is 3.17. The summed E-state index contributed by atoms with van der Waals surface area (Å²) in [5.74, 6) is 0. The van der Waals surface area contributed by atoms with E-state index >= 15 is 0 Å². The Kier molecular flexibility index (Phi) is 3.88. The standard InChI is InChI=1S/C13H16O2S2/c1-13(2)7-14-11(15-8-13)9-3-5-10(6-4-9)12(16)17/h3-6,11H,7-8H2,1-2H3,(H,16,17). The van der Waals surface area contributed by atoms with Crippen LogP contribution in [0.15, 0.2) is 24.3 Å². The molecule has 0 atom stereocenters. The molecule has 2 nitrogen and oxygen atoms in total. The van der Waals surface area contributed by atoms with Gasteiger partial charge in [-0.3, -0.25) is 0 Å². The summed E-state index contributed by atoms with van der Waals surface area (Å²) in [7, 11) is 0. The summed E-state index contributed by atoms with van der Waals surface area (Å²) < 4.78 is 12.0. The van der Waals surface area contributed by atoms with Crippen LogP contribution in [-0.2, 0) is 9.47 Å². The summed E-state index contributed by atoms with van der Waals surface area (Å²) in [6.07, 6.45) is -0.259. The van der Waals surface area contributed by atoms with E-state index in [1.54, 1.807) is 0 Å². The molecule has 1 aliphatic rings. The van der Waals surface area contributed by atoms with Gasteiger partial charge in [0.2, 0.25) is 0 Å². The molecular formula is C13H16O2S2. The van der Waals surface area contributed by atoms with Crippen LogP contribution in [0.2, 0.25) is 0 Å². The molecule has 4 heteroatoms. The van der Waals surface area contributed by atoms with Crippen LogP contribution in [0.3, 0.4) is 0 Å². The molecule has 0 spiro atoms. The molecule has 92 valence electrons. The normalized spacial score (nSPS) is 20.2. The molecule has 0 aliphatic carbocycles. The second-order valence-electron chi connectivity index (χ2n) is 5.05. The number of ether oxygens (including phenoxy) is 2. The van der Waals surface area contributed by atoms with Crippen LogP contribution >= 0.6 is 24.8 Å². The SMILES string of the molecule is CC1(C)COC(c2ccc(C(=S)S)cc2)OC1. The Morgan fingerprint density at radius 1 is 1.24 bits per heavy atom. The van der Waals surface area contributed by atoms with E-state index < -0.39 is 0 Å². The van der Waals surface area contributed by atoms with Crippen molar-refractivity contribution in [3.05, 3.63) is 35.4 Å². The molecule has 0 aromatic heterocycles. The fourth-order valence-electron chi connectivity index (χ4n) is 1.67. The number of benzene rings is 1. The molecule has 17 heavy (non-hydrogen) atoms. The first-order chi connectivity index (χ1) is 7.98. The van der Waals surface area contributed by atoms with Crippen LogP contribution in [0.4, 0.5) is 0 Å². The lowest BCUT2D eigenvalue weighted by Gasteiger charge is -2.34. The summed E-state index contributed by atoms with van der Waals surface area (Å²) >= 11 is 9.13. The van der Waals surface area contributed by atoms with E-state index in [9.17, 15) is 0 Å². The van der Waals surface area contributed by atoms with Crippen LogP contribution in [0, 0.1) is 5.41 Å². The van der Waals surface area contributed by atoms with E-state index in [1.165, 1.54) is 0 Å². The van der Waals surface area contributed by atoms with Gasteiger partial charge in [-0.1, -0.05) is 50.3 Å². The maximum atomic E-state index is 5.71. The zero-order valence-electron chi connectivity index (χ0n) is 9.97. The maximum absolute atomic E-state index is 5.71. The molecule has 0 bridgehead atoms. The molecule has 1 fully saturated rings. The quantitative estimate of drug-likeness (QED) is 0.655. The number of thiol groups is 1. The minimum atomic E-state index is -0.259. The van der Waals surface area contributed by atoms with Crippen molar-refractivity contribution in [3.8, 4) is 0 Å². The van der Waals surface area contributed by atoms with Gasteiger partial charge in [-0.2, -0.15) is 0 Å². The molecule has 1 aliphatic heterocycles. The van der Waals surface area contributed by atoms with Gasteiger partial charge in [0.1, 0.15) is 0 Å². The average Bonchev–Trinajstić information content (AvgIpc) is 2.29. The van der Waals surface area contributed by atoms with E-state index in [4.69, 9.17) is 21.7 Å². The van der Waals surface area contributed by atoms with E-state index in [0.29, 0.717) is 17.4 Å². The summed E-state index contributed by atoms with van der Waals surface area (Å²) in [5, 5.41) is 0. The molecule has 1 saturated heterocycles. The molecular weight excluding hydrogens is 252 g/mol. The van der Waals surface area contributed by atoms with Crippen molar-refractivity contribution in [1.82, 2.24) is 0 Å². The fraction of sp³-hybridized carbons (Fsp3) is 0.462. The number of hydrogen-bond acceptors (Lipinski definition) is 3. The lowest BCUT2D eigenvalue weighted by Crippen LogP contribution is -2.33. The highest BCUT2D eigenvalue weighted by Crippen LogP contribution is 2.31.